The number of alkyl halides is 3. The number of aromatic carboxylic acids is 1. The molecule has 0 aliphatic heterocycles. The van der Waals surface area contributed by atoms with Crippen LogP contribution in [0, 0.1) is 0 Å². The van der Waals surface area contributed by atoms with Gasteiger partial charge in [0.05, 0.1) is 5.56 Å². The molecule has 0 heterocycles. The lowest BCUT2D eigenvalue weighted by atomic mass is 10.1. The largest absolute Gasteiger partial charge is 0.507 e. The Morgan fingerprint density at radius 3 is 2.31 bits per heavy atom. The molecule has 0 aromatic heterocycles. The monoisotopic (exact) mass is 252 g/mol. The summed E-state index contributed by atoms with van der Waals surface area (Å²) in [4.78, 5) is 10.6. The molecule has 0 aliphatic carbocycles. The molecule has 1 aromatic rings. The van der Waals surface area contributed by atoms with Gasteiger partial charge in [-0.15, -0.1) is 11.8 Å². The molecule has 88 valence electrons. The molecule has 1 aromatic carbocycles. The predicted molar refractivity (Wildman–Crippen MR) is 51.8 cm³/mol. The molecule has 0 amide bonds. The van der Waals surface area contributed by atoms with Gasteiger partial charge in [0, 0.05) is 4.90 Å². The summed E-state index contributed by atoms with van der Waals surface area (Å²) in [7, 11) is 0. The number of carboxylic acids is 1. The van der Waals surface area contributed by atoms with Gasteiger partial charge in [0.15, 0.2) is 0 Å². The van der Waals surface area contributed by atoms with Gasteiger partial charge in [-0.25, -0.2) is 4.79 Å². The van der Waals surface area contributed by atoms with Crippen molar-refractivity contribution < 1.29 is 28.2 Å². The molecule has 0 saturated carbocycles. The summed E-state index contributed by atoms with van der Waals surface area (Å²) < 4.78 is 37.0. The number of phenols is 1. The molecule has 0 aliphatic rings. The highest BCUT2D eigenvalue weighted by atomic mass is 32.2. The fourth-order valence-electron chi connectivity index (χ4n) is 1.14. The molecule has 2 N–H and O–H groups in total. The Bertz CT molecular complexity index is 429. The summed E-state index contributed by atoms with van der Waals surface area (Å²) in [6, 6.07) is 1.11. The van der Waals surface area contributed by atoms with Crippen LogP contribution >= 0.6 is 11.8 Å². The highest BCUT2D eigenvalue weighted by molar-refractivity contribution is 7.98. The zero-order valence-electron chi connectivity index (χ0n) is 8.00. The van der Waals surface area contributed by atoms with Crippen molar-refractivity contribution in [1.29, 1.82) is 0 Å². The predicted octanol–water partition coefficient (Wildman–Crippen LogP) is 2.83. The molecule has 1 rings (SSSR count). The van der Waals surface area contributed by atoms with E-state index in [1.54, 1.807) is 0 Å². The third-order valence-corrected chi connectivity index (χ3v) is 2.60. The van der Waals surface area contributed by atoms with Crippen molar-refractivity contribution in [3.8, 4) is 5.75 Å². The van der Waals surface area contributed by atoms with Crippen molar-refractivity contribution in [3.05, 3.63) is 23.3 Å². The Morgan fingerprint density at radius 2 is 1.94 bits per heavy atom. The molecule has 0 fully saturated rings. The van der Waals surface area contributed by atoms with Crippen LogP contribution in [0.3, 0.4) is 0 Å². The Labute approximate surface area is 92.9 Å². The summed E-state index contributed by atoms with van der Waals surface area (Å²) in [5.41, 5.74) is -1.58. The summed E-state index contributed by atoms with van der Waals surface area (Å²) >= 11 is 0.827. The molecule has 0 atom stereocenters. The van der Waals surface area contributed by atoms with Crippen molar-refractivity contribution in [2.24, 2.45) is 0 Å². The minimum absolute atomic E-state index is 0.125. The van der Waals surface area contributed by atoms with Gasteiger partial charge < -0.3 is 10.2 Å². The van der Waals surface area contributed by atoms with Crippen LogP contribution in [-0.2, 0) is 6.18 Å². The van der Waals surface area contributed by atoms with E-state index in [0.717, 1.165) is 11.8 Å². The number of benzene rings is 1. The first-order valence-electron chi connectivity index (χ1n) is 3.99. The van der Waals surface area contributed by atoms with Crippen LogP contribution in [-0.4, -0.2) is 22.4 Å². The van der Waals surface area contributed by atoms with Crippen LogP contribution in [0.1, 0.15) is 15.9 Å². The highest BCUT2D eigenvalue weighted by Crippen LogP contribution is 2.37. The number of rotatable bonds is 2. The maximum absolute atomic E-state index is 12.3. The van der Waals surface area contributed by atoms with Crippen LogP contribution in [0.25, 0.3) is 0 Å². The van der Waals surface area contributed by atoms with E-state index in [0.29, 0.717) is 12.1 Å². The smallest absolute Gasteiger partial charge is 0.416 e. The number of aromatic hydroxyl groups is 1. The van der Waals surface area contributed by atoms with E-state index in [4.69, 9.17) is 5.11 Å². The SMILES string of the molecule is CSc1cc(C(F)(F)F)cc(O)c1C(=O)O. The highest BCUT2D eigenvalue weighted by Gasteiger charge is 2.33. The molecule has 0 bridgehead atoms. The fraction of sp³-hybridized carbons (Fsp3) is 0.222. The summed E-state index contributed by atoms with van der Waals surface area (Å²) in [5.74, 6) is -2.35. The second-order valence-electron chi connectivity index (χ2n) is 2.88. The van der Waals surface area contributed by atoms with E-state index in [1.807, 2.05) is 0 Å². The number of halogens is 3. The van der Waals surface area contributed by atoms with Crippen molar-refractivity contribution in [2.45, 2.75) is 11.1 Å². The lowest BCUT2D eigenvalue weighted by molar-refractivity contribution is -0.137. The summed E-state index contributed by atoms with van der Waals surface area (Å²) in [6.07, 6.45) is -3.18. The topological polar surface area (TPSA) is 57.5 Å². The molecule has 0 saturated heterocycles. The second-order valence-corrected chi connectivity index (χ2v) is 3.72. The molecule has 0 unspecified atom stereocenters. The minimum Gasteiger partial charge on any atom is -0.507 e. The third-order valence-electron chi connectivity index (χ3n) is 1.84. The molecule has 0 radical (unpaired) electrons. The van der Waals surface area contributed by atoms with Gasteiger partial charge in [0.2, 0.25) is 0 Å². The first kappa shape index (κ1) is 12.7. The van der Waals surface area contributed by atoms with Crippen LogP contribution in [0.5, 0.6) is 5.75 Å². The van der Waals surface area contributed by atoms with E-state index in [1.165, 1.54) is 6.26 Å². The average Bonchev–Trinajstić information content (AvgIpc) is 2.14. The Balaban J connectivity index is 3.44. The Morgan fingerprint density at radius 1 is 1.38 bits per heavy atom. The van der Waals surface area contributed by atoms with Crippen molar-refractivity contribution >= 4 is 17.7 Å². The standard InChI is InChI=1S/C9H7F3O3S/c1-16-6-3-4(9(10,11)12)2-5(13)7(6)8(14)15/h2-3,13H,1H3,(H,14,15). The van der Waals surface area contributed by atoms with Gasteiger partial charge in [0.1, 0.15) is 11.3 Å². The maximum atomic E-state index is 12.3. The van der Waals surface area contributed by atoms with Crippen LogP contribution in [0.2, 0.25) is 0 Å². The number of carboxylic acid groups (broad SMARTS) is 1. The maximum Gasteiger partial charge on any atom is 0.416 e. The quantitative estimate of drug-likeness (QED) is 0.794. The van der Waals surface area contributed by atoms with E-state index < -0.39 is 29.0 Å². The minimum atomic E-state index is -4.61. The normalized spacial score (nSPS) is 11.5. The van der Waals surface area contributed by atoms with Crippen molar-refractivity contribution in [2.75, 3.05) is 6.26 Å². The third kappa shape index (κ3) is 2.41. The van der Waals surface area contributed by atoms with Gasteiger partial charge >= 0.3 is 12.1 Å². The van der Waals surface area contributed by atoms with Gasteiger partial charge in [-0.05, 0) is 18.4 Å². The first-order valence-corrected chi connectivity index (χ1v) is 5.21. The van der Waals surface area contributed by atoms with Crippen LogP contribution in [0.4, 0.5) is 13.2 Å². The number of hydrogen-bond donors (Lipinski definition) is 2. The van der Waals surface area contributed by atoms with Gasteiger partial charge in [0.25, 0.3) is 0 Å². The molecular weight excluding hydrogens is 245 g/mol. The van der Waals surface area contributed by atoms with Crippen LogP contribution in [0.15, 0.2) is 17.0 Å². The average molecular weight is 252 g/mol. The van der Waals surface area contributed by atoms with Crippen molar-refractivity contribution in [1.82, 2.24) is 0 Å². The summed E-state index contributed by atoms with van der Waals surface area (Å²) in [5, 5.41) is 18.0. The molecule has 0 spiro atoms. The van der Waals surface area contributed by atoms with E-state index >= 15 is 0 Å². The van der Waals surface area contributed by atoms with Gasteiger partial charge in [-0.1, -0.05) is 0 Å². The lowest BCUT2D eigenvalue weighted by Gasteiger charge is -2.11. The van der Waals surface area contributed by atoms with E-state index in [2.05, 4.69) is 0 Å². The van der Waals surface area contributed by atoms with Gasteiger partial charge in [-0.3, -0.25) is 0 Å². The molecule has 7 heteroatoms. The second kappa shape index (κ2) is 4.25. The first-order chi connectivity index (χ1) is 7.27. The zero-order valence-corrected chi connectivity index (χ0v) is 8.82. The molecule has 3 nitrogen and oxygen atoms in total. The van der Waals surface area contributed by atoms with Crippen molar-refractivity contribution in [3.63, 3.8) is 0 Å². The fourth-order valence-corrected chi connectivity index (χ4v) is 1.78. The van der Waals surface area contributed by atoms with Crippen LogP contribution < -0.4 is 0 Å². The van der Waals surface area contributed by atoms with Gasteiger partial charge in [-0.2, -0.15) is 13.2 Å². The molecule has 16 heavy (non-hydrogen) atoms. The Hall–Kier alpha value is -1.37. The number of thioether (sulfide) groups is 1. The lowest BCUT2D eigenvalue weighted by Crippen LogP contribution is -2.08. The molecular formula is C9H7F3O3S. The Kier molecular flexibility index (Phi) is 3.37. The van der Waals surface area contributed by atoms with E-state index in [-0.39, 0.29) is 4.90 Å². The summed E-state index contributed by atoms with van der Waals surface area (Å²) in [6.45, 7) is 0. The number of carbonyl (C=O) groups is 1. The zero-order chi connectivity index (χ0) is 12.5. The van der Waals surface area contributed by atoms with E-state index in [9.17, 15) is 23.1 Å². The number of hydrogen-bond acceptors (Lipinski definition) is 3.